The number of ether oxygens (including phenoxy) is 1. The Morgan fingerprint density at radius 2 is 1.53 bits per heavy atom. The van der Waals surface area contributed by atoms with Crippen LogP contribution in [0.5, 0.6) is 5.75 Å². The molecule has 358 valence electrons. The predicted molar refractivity (Wildman–Crippen MR) is 254 cm³/mol. The number of benzene rings is 3. The van der Waals surface area contributed by atoms with Crippen LogP contribution in [0.1, 0.15) is 88.2 Å². The molecule has 0 radical (unpaired) electrons. The Bertz CT molecular complexity index is 2700. The molecule has 5 aliphatic rings. The van der Waals surface area contributed by atoms with Crippen LogP contribution < -0.4 is 30.7 Å². The number of aromatic nitrogens is 3. The number of piperazine rings is 1. The van der Waals surface area contributed by atoms with E-state index in [1.807, 2.05) is 35.2 Å². The molecule has 68 heavy (non-hydrogen) atoms. The van der Waals surface area contributed by atoms with Gasteiger partial charge < -0.3 is 24.8 Å². The van der Waals surface area contributed by atoms with Crippen molar-refractivity contribution in [3.63, 3.8) is 0 Å². The van der Waals surface area contributed by atoms with E-state index >= 15 is 4.39 Å². The van der Waals surface area contributed by atoms with Crippen LogP contribution in [0.15, 0.2) is 65.5 Å². The molecule has 18 heteroatoms. The summed E-state index contributed by atoms with van der Waals surface area (Å²) in [4.78, 5) is 73.2. The van der Waals surface area contributed by atoms with Gasteiger partial charge in [0.15, 0.2) is 0 Å². The first-order valence-corrected chi connectivity index (χ1v) is 24.0. The Hall–Kier alpha value is -6.12. The summed E-state index contributed by atoms with van der Waals surface area (Å²) in [7, 11) is 0. The van der Waals surface area contributed by atoms with Crippen molar-refractivity contribution in [1.29, 1.82) is 5.26 Å². The maximum atomic E-state index is 16.4. The van der Waals surface area contributed by atoms with Crippen molar-refractivity contribution < 1.29 is 28.3 Å². The molecular weight excluding hydrogens is 891 g/mol. The molecule has 0 spiro atoms. The lowest BCUT2D eigenvalue weighted by molar-refractivity contribution is -0.164. The monoisotopic (exact) mass is 948 g/mol. The molecule has 2 N–H and O–H groups in total. The highest BCUT2D eigenvalue weighted by molar-refractivity contribution is 6.31. The Balaban J connectivity index is 0.711. The van der Waals surface area contributed by atoms with Gasteiger partial charge in [0.2, 0.25) is 11.8 Å². The molecule has 9 rings (SSSR count). The number of hydrogen-bond donors (Lipinski definition) is 2. The van der Waals surface area contributed by atoms with Gasteiger partial charge in [0, 0.05) is 124 Å². The highest BCUT2D eigenvalue weighted by atomic mass is 35.5. The molecule has 1 unspecified atom stereocenters. The smallest absolute Gasteiger partial charge is 0.278 e. The van der Waals surface area contributed by atoms with Gasteiger partial charge >= 0.3 is 0 Å². The van der Waals surface area contributed by atoms with Crippen molar-refractivity contribution in [2.24, 2.45) is 16.7 Å². The summed E-state index contributed by atoms with van der Waals surface area (Å²) >= 11 is 6.26. The zero-order valence-corrected chi connectivity index (χ0v) is 39.7. The fourth-order valence-electron chi connectivity index (χ4n) is 11.5. The largest absolute Gasteiger partial charge is 0.489 e. The average molecular weight is 950 g/mol. The molecule has 5 heterocycles. The molecule has 1 aromatic heterocycles. The highest BCUT2D eigenvalue weighted by Crippen LogP contribution is 2.55. The number of hydrogen-bond acceptors (Lipinski definition) is 12. The molecule has 4 aliphatic heterocycles. The van der Waals surface area contributed by atoms with Gasteiger partial charge in [-0.05, 0) is 73.9 Å². The second-order valence-corrected chi connectivity index (χ2v) is 20.8. The summed E-state index contributed by atoms with van der Waals surface area (Å²) in [6.07, 6.45) is 1.95. The Labute approximate surface area is 399 Å². The van der Waals surface area contributed by atoms with Gasteiger partial charge in [-0.25, -0.2) is 4.39 Å². The SMILES string of the molecule is CC1(C)[C@H](NC(=O)c2ccc(N3CCN(CC4(F)CCN(C(=O)C5CCN(c6ccc7nnn(C8CCC(=O)NC8=O)c(=O)c7c6)CC5)CC4)CC3)cc2)C(C)(C)[C@H]1Oc1ccc(C#N)c(Cl)c1. The van der Waals surface area contributed by atoms with Gasteiger partial charge in [0.05, 0.1) is 16.0 Å². The summed E-state index contributed by atoms with van der Waals surface area (Å²) in [6.45, 7) is 13.5. The number of anilines is 2. The number of amides is 4. The van der Waals surface area contributed by atoms with Crippen LogP contribution in [0.3, 0.4) is 0 Å². The van der Waals surface area contributed by atoms with Crippen LogP contribution in [0.25, 0.3) is 10.9 Å². The van der Waals surface area contributed by atoms with Crippen LogP contribution in [0.4, 0.5) is 15.8 Å². The lowest BCUT2D eigenvalue weighted by atomic mass is 9.49. The zero-order valence-electron chi connectivity index (χ0n) is 39.0. The minimum Gasteiger partial charge on any atom is -0.489 e. The predicted octanol–water partition coefficient (Wildman–Crippen LogP) is 5.28. The van der Waals surface area contributed by atoms with E-state index in [-0.39, 0.29) is 59.5 Å². The standard InChI is InChI=1S/C50H58ClFN10O6/c1-48(2)46(49(3,4)47(48)68-36-11-7-33(29-53)38(51)28-36)55-42(64)31-5-8-34(9-6-31)60-25-23-58(24-26-60)30-50(52)17-21-61(22-18-50)44(66)32-15-19-59(20-16-32)35-10-12-39-37(27-35)45(67)62(57-56-39)40-13-14-41(63)54-43(40)65/h5-12,27-28,32,40,46-47H,13-26,30H2,1-4H3,(H,55,64)(H,54,63,65)/t40?,46-,47-. The molecule has 4 aromatic rings. The number of piperidine rings is 3. The van der Waals surface area contributed by atoms with Crippen LogP contribution in [0, 0.1) is 28.1 Å². The number of halogens is 2. The fourth-order valence-corrected chi connectivity index (χ4v) is 11.7. The average Bonchev–Trinajstić information content (AvgIpc) is 3.33. The van der Waals surface area contributed by atoms with Crippen LogP contribution >= 0.6 is 11.6 Å². The van der Waals surface area contributed by atoms with E-state index in [1.54, 1.807) is 30.3 Å². The number of carbonyl (C=O) groups is 4. The summed E-state index contributed by atoms with van der Waals surface area (Å²) in [5, 5.41) is 23.6. The molecule has 3 aromatic carbocycles. The maximum absolute atomic E-state index is 16.4. The Kier molecular flexibility index (Phi) is 12.7. The molecule has 1 saturated carbocycles. The van der Waals surface area contributed by atoms with E-state index in [1.165, 1.54) is 0 Å². The van der Waals surface area contributed by atoms with Crippen LogP contribution in [-0.2, 0) is 14.4 Å². The lowest BCUT2D eigenvalue weighted by Gasteiger charge is -2.63. The minimum absolute atomic E-state index is 0.0749. The summed E-state index contributed by atoms with van der Waals surface area (Å²) in [6, 6.07) is 19.1. The number of imide groups is 1. The third kappa shape index (κ3) is 9.12. The van der Waals surface area contributed by atoms with E-state index in [9.17, 15) is 29.2 Å². The molecule has 4 amide bonds. The first-order chi connectivity index (χ1) is 32.4. The van der Waals surface area contributed by atoms with Crippen molar-refractivity contribution >= 4 is 57.5 Å². The van der Waals surface area contributed by atoms with E-state index in [0.717, 1.165) is 29.1 Å². The Morgan fingerprint density at radius 1 is 0.868 bits per heavy atom. The molecule has 5 fully saturated rings. The van der Waals surface area contributed by atoms with Gasteiger partial charge in [-0.3, -0.25) is 34.2 Å². The normalized spacial score (nSPS) is 23.9. The first kappa shape index (κ1) is 47.0. The molecule has 1 aliphatic carbocycles. The molecule has 4 saturated heterocycles. The number of nitrogens with one attached hydrogen (secondary N) is 2. The molecular formula is C50H58ClFN10O6. The van der Waals surface area contributed by atoms with Crippen LogP contribution in [-0.4, -0.2) is 125 Å². The third-order valence-corrected chi connectivity index (χ3v) is 15.5. The second-order valence-electron chi connectivity index (χ2n) is 20.4. The maximum Gasteiger partial charge on any atom is 0.278 e. The van der Waals surface area contributed by atoms with Crippen molar-refractivity contribution in [1.82, 2.24) is 35.4 Å². The summed E-state index contributed by atoms with van der Waals surface area (Å²) in [5.74, 6) is -0.610. The Morgan fingerprint density at radius 3 is 2.18 bits per heavy atom. The quantitative estimate of drug-likeness (QED) is 0.197. The number of alkyl halides is 1. The van der Waals surface area contributed by atoms with E-state index in [2.05, 4.69) is 69.4 Å². The van der Waals surface area contributed by atoms with Crippen LogP contribution in [0.2, 0.25) is 5.02 Å². The number of rotatable bonds is 10. The minimum atomic E-state index is -1.37. The van der Waals surface area contributed by atoms with Gasteiger partial charge in [-0.1, -0.05) is 44.5 Å². The highest BCUT2D eigenvalue weighted by Gasteiger charge is 2.64. The van der Waals surface area contributed by atoms with E-state index in [4.69, 9.17) is 16.3 Å². The van der Waals surface area contributed by atoms with Gasteiger partial charge in [0.1, 0.15) is 35.2 Å². The summed E-state index contributed by atoms with van der Waals surface area (Å²) < 4.78 is 23.8. The topological polar surface area (TPSA) is 186 Å². The van der Waals surface area contributed by atoms with Gasteiger partial charge in [0.25, 0.3) is 17.4 Å². The number of fused-ring (bicyclic) bond motifs is 1. The fraction of sp³-hybridized carbons (Fsp3) is 0.520. The number of nitrogens with zero attached hydrogens (tertiary/aromatic N) is 8. The summed E-state index contributed by atoms with van der Waals surface area (Å²) in [5.41, 5.74) is 0.597. The van der Waals surface area contributed by atoms with E-state index in [0.29, 0.717) is 104 Å². The van der Waals surface area contributed by atoms with Crippen molar-refractivity contribution in [2.75, 3.05) is 68.7 Å². The molecule has 16 nitrogen and oxygen atoms in total. The lowest BCUT2D eigenvalue weighted by Crippen LogP contribution is -2.74. The molecule has 1 atom stereocenters. The number of carbonyl (C=O) groups excluding carboxylic acids is 4. The third-order valence-electron chi connectivity index (χ3n) is 15.2. The number of nitriles is 1. The van der Waals surface area contributed by atoms with Gasteiger partial charge in [-0.2, -0.15) is 9.94 Å². The van der Waals surface area contributed by atoms with Crippen molar-refractivity contribution in [3.05, 3.63) is 87.2 Å². The van der Waals surface area contributed by atoms with E-state index < -0.39 is 23.2 Å². The number of likely N-dealkylation sites (tertiary alicyclic amines) is 1. The second kappa shape index (κ2) is 18.4. The first-order valence-electron chi connectivity index (χ1n) is 23.6. The zero-order chi connectivity index (χ0) is 48.1. The van der Waals surface area contributed by atoms with Crippen molar-refractivity contribution in [2.45, 2.75) is 90.1 Å². The van der Waals surface area contributed by atoms with Crippen molar-refractivity contribution in [3.8, 4) is 11.8 Å². The molecule has 0 bridgehead atoms. The van der Waals surface area contributed by atoms with Gasteiger partial charge in [-0.15, -0.1) is 5.10 Å².